The highest BCUT2D eigenvalue weighted by atomic mass is 16.4. The van der Waals surface area contributed by atoms with Crippen molar-refractivity contribution in [3.05, 3.63) is 23.7 Å². The average Bonchev–Trinajstić information content (AvgIpc) is 2.78. The number of carboxylic acids is 1. The third-order valence-corrected chi connectivity index (χ3v) is 3.43. The maximum absolute atomic E-state index is 10.7. The predicted octanol–water partition coefficient (Wildman–Crippen LogP) is 2.60. The summed E-state index contributed by atoms with van der Waals surface area (Å²) < 4.78 is 5.28. The summed E-state index contributed by atoms with van der Waals surface area (Å²) in [6, 6.07) is 3.29. The van der Waals surface area contributed by atoms with E-state index in [2.05, 4.69) is 11.8 Å². The van der Waals surface area contributed by atoms with E-state index in [-0.39, 0.29) is 5.76 Å². The number of hydrogen-bond acceptors (Lipinski definition) is 3. The van der Waals surface area contributed by atoms with Crippen molar-refractivity contribution in [2.45, 2.75) is 32.7 Å². The maximum Gasteiger partial charge on any atom is 0.371 e. The topological polar surface area (TPSA) is 53.7 Å². The number of carboxylic acid groups (broad SMARTS) is 1. The maximum atomic E-state index is 10.7. The van der Waals surface area contributed by atoms with E-state index in [9.17, 15) is 4.79 Å². The lowest BCUT2D eigenvalue weighted by Gasteiger charge is -2.31. The lowest BCUT2D eigenvalue weighted by atomic mass is 9.96. The van der Waals surface area contributed by atoms with E-state index in [1.807, 2.05) is 0 Å². The second-order valence-corrected chi connectivity index (χ2v) is 4.72. The summed E-state index contributed by atoms with van der Waals surface area (Å²) in [6.45, 7) is 5.13. The highest BCUT2D eigenvalue weighted by Gasteiger charge is 2.19. The molecule has 2 heterocycles. The third kappa shape index (κ3) is 3.09. The molecule has 1 fully saturated rings. The second-order valence-electron chi connectivity index (χ2n) is 4.72. The molecule has 0 saturated carbocycles. The van der Waals surface area contributed by atoms with Crippen LogP contribution in [0.5, 0.6) is 0 Å². The molecule has 0 bridgehead atoms. The fraction of sp³-hybridized carbons (Fsp3) is 0.615. The minimum absolute atomic E-state index is 0.0315. The Morgan fingerprint density at radius 1 is 1.59 bits per heavy atom. The van der Waals surface area contributed by atoms with Crippen LogP contribution in [0.1, 0.15) is 42.5 Å². The Morgan fingerprint density at radius 3 is 3.06 bits per heavy atom. The molecule has 1 saturated heterocycles. The van der Waals surface area contributed by atoms with E-state index in [0.29, 0.717) is 0 Å². The molecule has 4 nitrogen and oxygen atoms in total. The van der Waals surface area contributed by atoms with Crippen molar-refractivity contribution in [3.63, 3.8) is 0 Å². The molecule has 1 unspecified atom stereocenters. The van der Waals surface area contributed by atoms with Crippen LogP contribution >= 0.6 is 0 Å². The van der Waals surface area contributed by atoms with Gasteiger partial charge in [-0.3, -0.25) is 4.90 Å². The van der Waals surface area contributed by atoms with Crippen LogP contribution in [0.4, 0.5) is 0 Å². The van der Waals surface area contributed by atoms with Gasteiger partial charge in [-0.05, 0) is 37.4 Å². The molecule has 0 spiro atoms. The quantitative estimate of drug-likeness (QED) is 0.874. The van der Waals surface area contributed by atoms with Gasteiger partial charge in [-0.2, -0.15) is 0 Å². The smallest absolute Gasteiger partial charge is 0.371 e. The molecule has 1 atom stereocenters. The van der Waals surface area contributed by atoms with Crippen LogP contribution in [0.15, 0.2) is 16.5 Å². The van der Waals surface area contributed by atoms with Crippen LogP contribution in [-0.2, 0) is 6.54 Å². The van der Waals surface area contributed by atoms with Gasteiger partial charge < -0.3 is 9.52 Å². The van der Waals surface area contributed by atoms with Crippen molar-refractivity contribution < 1.29 is 14.3 Å². The molecular weight excluding hydrogens is 218 g/mol. The van der Waals surface area contributed by atoms with Crippen LogP contribution < -0.4 is 0 Å². The van der Waals surface area contributed by atoms with Gasteiger partial charge in [0.05, 0.1) is 6.54 Å². The average molecular weight is 237 g/mol. The summed E-state index contributed by atoms with van der Waals surface area (Å²) >= 11 is 0. The van der Waals surface area contributed by atoms with Gasteiger partial charge in [0, 0.05) is 6.54 Å². The second kappa shape index (κ2) is 5.36. The Hall–Kier alpha value is -1.29. The number of likely N-dealkylation sites (tertiary alicyclic amines) is 1. The van der Waals surface area contributed by atoms with Gasteiger partial charge in [-0.1, -0.05) is 13.3 Å². The lowest BCUT2D eigenvalue weighted by molar-refractivity contribution is 0.0656. The fourth-order valence-electron chi connectivity index (χ4n) is 2.43. The predicted molar refractivity (Wildman–Crippen MR) is 64.0 cm³/mol. The number of rotatable bonds is 4. The molecule has 0 aliphatic carbocycles. The molecule has 4 heteroatoms. The number of carbonyl (C=O) groups is 1. The third-order valence-electron chi connectivity index (χ3n) is 3.43. The van der Waals surface area contributed by atoms with Crippen molar-refractivity contribution >= 4 is 5.97 Å². The molecule has 0 aromatic carbocycles. The minimum atomic E-state index is -0.999. The molecule has 1 N–H and O–H groups in total. The van der Waals surface area contributed by atoms with Crippen LogP contribution in [0, 0.1) is 5.92 Å². The molecule has 1 aliphatic heterocycles. The number of piperidine rings is 1. The molecule has 1 aromatic heterocycles. The highest BCUT2D eigenvalue weighted by Crippen LogP contribution is 2.21. The summed E-state index contributed by atoms with van der Waals surface area (Å²) in [5.41, 5.74) is 0. The summed E-state index contributed by atoms with van der Waals surface area (Å²) in [5.74, 6) is 0.558. The van der Waals surface area contributed by atoms with Gasteiger partial charge in [-0.25, -0.2) is 4.79 Å². The van der Waals surface area contributed by atoms with E-state index in [1.165, 1.54) is 25.3 Å². The molecule has 17 heavy (non-hydrogen) atoms. The van der Waals surface area contributed by atoms with Crippen molar-refractivity contribution in [3.8, 4) is 0 Å². The molecule has 1 aromatic rings. The zero-order chi connectivity index (χ0) is 12.3. The standard InChI is InChI=1S/C13H19NO3/c1-2-10-4-3-7-14(8-10)9-11-5-6-12(17-11)13(15)16/h5-6,10H,2-4,7-9H2,1H3,(H,15,16). The van der Waals surface area contributed by atoms with Crippen molar-refractivity contribution in [2.75, 3.05) is 13.1 Å². The Bertz CT molecular complexity index is 386. The number of aromatic carboxylic acids is 1. The first-order valence-corrected chi connectivity index (χ1v) is 6.23. The Labute approximate surface area is 101 Å². The lowest BCUT2D eigenvalue weighted by Crippen LogP contribution is -2.34. The molecule has 1 aliphatic rings. The highest BCUT2D eigenvalue weighted by molar-refractivity contribution is 5.84. The molecular formula is C13H19NO3. The van der Waals surface area contributed by atoms with Crippen LogP contribution in [-0.4, -0.2) is 29.1 Å². The van der Waals surface area contributed by atoms with Gasteiger partial charge in [0.25, 0.3) is 0 Å². The van der Waals surface area contributed by atoms with E-state index in [0.717, 1.165) is 31.3 Å². The summed E-state index contributed by atoms with van der Waals surface area (Å²) in [4.78, 5) is 13.0. The van der Waals surface area contributed by atoms with Crippen molar-refractivity contribution in [1.29, 1.82) is 0 Å². The summed E-state index contributed by atoms with van der Waals surface area (Å²) in [7, 11) is 0. The Balaban J connectivity index is 1.93. The van der Waals surface area contributed by atoms with Gasteiger partial charge in [-0.15, -0.1) is 0 Å². The molecule has 0 amide bonds. The number of furan rings is 1. The minimum Gasteiger partial charge on any atom is -0.475 e. The van der Waals surface area contributed by atoms with Crippen molar-refractivity contribution in [1.82, 2.24) is 4.90 Å². The van der Waals surface area contributed by atoms with E-state index in [1.54, 1.807) is 6.07 Å². The molecule has 94 valence electrons. The number of nitrogens with zero attached hydrogens (tertiary/aromatic N) is 1. The van der Waals surface area contributed by atoms with Gasteiger partial charge in [0.15, 0.2) is 0 Å². The van der Waals surface area contributed by atoms with Crippen molar-refractivity contribution in [2.24, 2.45) is 5.92 Å². The van der Waals surface area contributed by atoms with E-state index in [4.69, 9.17) is 9.52 Å². The first kappa shape index (κ1) is 12.2. The van der Waals surface area contributed by atoms with E-state index < -0.39 is 5.97 Å². The monoisotopic (exact) mass is 237 g/mol. The summed E-state index contributed by atoms with van der Waals surface area (Å²) in [6.07, 6.45) is 3.76. The SMILES string of the molecule is CCC1CCCN(Cc2ccc(C(=O)O)o2)C1. The zero-order valence-corrected chi connectivity index (χ0v) is 10.2. The summed E-state index contributed by atoms with van der Waals surface area (Å²) in [5, 5.41) is 8.78. The van der Waals surface area contributed by atoms with Crippen LogP contribution in [0.3, 0.4) is 0 Å². The molecule has 0 radical (unpaired) electrons. The normalized spacial score (nSPS) is 21.6. The van der Waals surface area contributed by atoms with Gasteiger partial charge in [0.1, 0.15) is 5.76 Å². The Kier molecular flexibility index (Phi) is 3.84. The fourth-order valence-corrected chi connectivity index (χ4v) is 2.43. The first-order chi connectivity index (χ1) is 8.19. The molecule has 2 rings (SSSR count). The van der Waals surface area contributed by atoms with Crippen LogP contribution in [0.25, 0.3) is 0 Å². The zero-order valence-electron chi connectivity index (χ0n) is 10.2. The first-order valence-electron chi connectivity index (χ1n) is 6.23. The largest absolute Gasteiger partial charge is 0.475 e. The van der Waals surface area contributed by atoms with Crippen LogP contribution in [0.2, 0.25) is 0 Å². The Morgan fingerprint density at radius 2 is 2.41 bits per heavy atom. The van der Waals surface area contributed by atoms with Gasteiger partial charge >= 0.3 is 5.97 Å². The number of hydrogen-bond donors (Lipinski definition) is 1. The van der Waals surface area contributed by atoms with Gasteiger partial charge in [0.2, 0.25) is 5.76 Å². The van der Waals surface area contributed by atoms with E-state index >= 15 is 0 Å².